The summed E-state index contributed by atoms with van der Waals surface area (Å²) in [4.78, 5) is 28.8. The van der Waals surface area contributed by atoms with Gasteiger partial charge in [-0.1, -0.05) is 18.2 Å². The topological polar surface area (TPSA) is 76.8 Å². The van der Waals surface area contributed by atoms with Crippen molar-refractivity contribution in [1.29, 1.82) is 0 Å². The summed E-state index contributed by atoms with van der Waals surface area (Å²) in [7, 11) is 0. The van der Waals surface area contributed by atoms with Crippen LogP contribution in [-0.4, -0.2) is 30.6 Å². The van der Waals surface area contributed by atoms with Crippen LogP contribution in [0.25, 0.3) is 5.95 Å². The lowest BCUT2D eigenvalue weighted by molar-refractivity contribution is -0.117. The molecule has 0 saturated heterocycles. The fourth-order valence-corrected chi connectivity index (χ4v) is 4.38. The van der Waals surface area contributed by atoms with E-state index in [1.165, 1.54) is 11.3 Å². The van der Waals surface area contributed by atoms with Gasteiger partial charge in [0, 0.05) is 28.0 Å². The summed E-state index contributed by atoms with van der Waals surface area (Å²) in [6.07, 6.45) is 0.204. The summed E-state index contributed by atoms with van der Waals surface area (Å²) in [6.45, 7) is 9.65. The molecule has 158 valence electrons. The molecule has 31 heavy (non-hydrogen) atoms. The number of hydrogen-bond donors (Lipinski definition) is 0. The molecule has 0 fully saturated rings. The van der Waals surface area contributed by atoms with Gasteiger partial charge >= 0.3 is 0 Å². The smallest absolute Gasteiger partial charge is 0.251 e. The molecule has 0 radical (unpaired) electrons. The van der Waals surface area contributed by atoms with Gasteiger partial charge in [-0.3, -0.25) is 9.69 Å². The van der Waals surface area contributed by atoms with E-state index < -0.39 is 0 Å². The number of benzene rings is 1. The van der Waals surface area contributed by atoms with Gasteiger partial charge in [-0.15, -0.1) is 11.3 Å². The van der Waals surface area contributed by atoms with Crippen molar-refractivity contribution in [3.05, 3.63) is 75.8 Å². The zero-order chi connectivity index (χ0) is 22.1. The first-order valence-corrected chi connectivity index (χ1v) is 10.9. The predicted octanol–water partition coefficient (Wildman–Crippen LogP) is 4.57. The lowest BCUT2D eigenvalue weighted by Crippen LogP contribution is -2.27. The number of nitrogens with zero attached hydrogens (tertiary/aromatic N) is 6. The van der Waals surface area contributed by atoms with Crippen LogP contribution >= 0.6 is 11.3 Å². The van der Waals surface area contributed by atoms with Gasteiger partial charge < -0.3 is 0 Å². The number of aromatic nitrogens is 5. The Hall–Kier alpha value is -3.39. The number of para-hydroxylation sites is 1. The highest BCUT2D eigenvalue weighted by Crippen LogP contribution is 2.30. The van der Waals surface area contributed by atoms with Gasteiger partial charge in [-0.25, -0.2) is 19.6 Å². The molecule has 4 aromatic rings. The van der Waals surface area contributed by atoms with Crippen molar-refractivity contribution in [2.45, 2.75) is 41.0 Å². The minimum absolute atomic E-state index is 0.0624. The number of aryl methyl sites for hydroxylation is 4. The van der Waals surface area contributed by atoms with Crippen molar-refractivity contribution < 1.29 is 4.79 Å². The first kappa shape index (κ1) is 20.9. The minimum atomic E-state index is -0.0624. The third-order valence-electron chi connectivity index (χ3n) is 4.99. The number of anilines is 2. The summed E-state index contributed by atoms with van der Waals surface area (Å²) in [5.74, 6) is 0.458. The van der Waals surface area contributed by atoms with Crippen LogP contribution in [0.2, 0.25) is 0 Å². The van der Waals surface area contributed by atoms with Gasteiger partial charge in [0.25, 0.3) is 5.95 Å². The Morgan fingerprint density at radius 3 is 2.26 bits per heavy atom. The minimum Gasteiger partial charge on any atom is -0.274 e. The molecule has 0 atom stereocenters. The van der Waals surface area contributed by atoms with E-state index in [-0.39, 0.29) is 12.3 Å². The molecule has 0 aliphatic rings. The summed E-state index contributed by atoms with van der Waals surface area (Å²) < 4.78 is 1.72. The number of amides is 1. The normalized spacial score (nSPS) is 11.0. The largest absolute Gasteiger partial charge is 0.274 e. The van der Waals surface area contributed by atoms with E-state index in [2.05, 4.69) is 20.1 Å². The van der Waals surface area contributed by atoms with Crippen molar-refractivity contribution in [2.75, 3.05) is 4.90 Å². The third-order valence-corrected chi connectivity index (χ3v) is 5.93. The number of rotatable bonds is 5. The standard InChI is InChI=1S/C23H24N6OS/c1-14-11-15(2)25-22(24-14)29-18(5)20(17(4)27-29)12-21(30)28(19-9-7-6-8-10-19)23-26-16(3)13-31-23/h6-11,13H,12H2,1-5H3. The second-order valence-electron chi connectivity index (χ2n) is 7.52. The fraction of sp³-hybridized carbons (Fsp3) is 0.261. The van der Waals surface area contributed by atoms with E-state index in [1.807, 2.05) is 76.4 Å². The molecule has 1 amide bonds. The van der Waals surface area contributed by atoms with Crippen molar-refractivity contribution >= 4 is 28.1 Å². The molecule has 0 unspecified atom stereocenters. The molecule has 8 heteroatoms. The Morgan fingerprint density at radius 2 is 1.65 bits per heavy atom. The summed E-state index contributed by atoms with van der Waals surface area (Å²) in [5, 5.41) is 7.24. The molecule has 3 aromatic heterocycles. The van der Waals surface area contributed by atoms with Gasteiger partial charge in [0.15, 0.2) is 5.13 Å². The Balaban J connectivity index is 1.71. The number of thiazole rings is 1. The van der Waals surface area contributed by atoms with E-state index in [1.54, 1.807) is 9.58 Å². The molecule has 0 bridgehead atoms. The van der Waals surface area contributed by atoms with Crippen molar-refractivity contribution in [1.82, 2.24) is 24.7 Å². The first-order valence-electron chi connectivity index (χ1n) is 10.0. The van der Waals surface area contributed by atoms with Crippen LogP contribution in [0, 0.1) is 34.6 Å². The monoisotopic (exact) mass is 432 g/mol. The second kappa shape index (κ2) is 8.39. The maximum atomic E-state index is 13.5. The van der Waals surface area contributed by atoms with E-state index in [9.17, 15) is 4.79 Å². The summed E-state index contributed by atoms with van der Waals surface area (Å²) >= 11 is 1.46. The fourth-order valence-electron chi connectivity index (χ4n) is 3.54. The molecule has 0 N–H and O–H groups in total. The average Bonchev–Trinajstić information content (AvgIpc) is 3.26. The second-order valence-corrected chi connectivity index (χ2v) is 8.36. The predicted molar refractivity (Wildman–Crippen MR) is 122 cm³/mol. The molecule has 3 heterocycles. The molecule has 0 aliphatic carbocycles. The summed E-state index contributed by atoms with van der Waals surface area (Å²) in [5.41, 5.74) is 5.96. The molecule has 0 saturated carbocycles. The van der Waals surface area contributed by atoms with Crippen LogP contribution in [0.4, 0.5) is 10.8 Å². The molecule has 4 rings (SSSR count). The highest BCUT2D eigenvalue weighted by Gasteiger charge is 2.24. The molecular weight excluding hydrogens is 408 g/mol. The van der Waals surface area contributed by atoms with E-state index in [4.69, 9.17) is 0 Å². The maximum absolute atomic E-state index is 13.5. The van der Waals surface area contributed by atoms with Crippen LogP contribution in [0.5, 0.6) is 0 Å². The van der Waals surface area contributed by atoms with Crippen LogP contribution in [0.15, 0.2) is 41.8 Å². The van der Waals surface area contributed by atoms with Crippen LogP contribution < -0.4 is 4.90 Å². The third kappa shape index (κ3) is 4.25. The lowest BCUT2D eigenvalue weighted by Gasteiger charge is -2.20. The highest BCUT2D eigenvalue weighted by atomic mass is 32.1. The highest BCUT2D eigenvalue weighted by molar-refractivity contribution is 7.14. The Morgan fingerprint density at radius 1 is 0.968 bits per heavy atom. The molecule has 1 aromatic carbocycles. The van der Waals surface area contributed by atoms with E-state index in [0.717, 1.165) is 39.7 Å². The SMILES string of the molecule is Cc1cc(C)nc(-n2nc(C)c(CC(=O)N(c3ccccc3)c3nc(C)cs3)c2C)n1. The molecular formula is C23H24N6OS. The average molecular weight is 433 g/mol. The number of carbonyl (C=O) groups excluding carboxylic acids is 1. The zero-order valence-electron chi connectivity index (χ0n) is 18.2. The van der Waals surface area contributed by atoms with Crippen molar-refractivity contribution in [3.8, 4) is 5.95 Å². The van der Waals surface area contributed by atoms with E-state index in [0.29, 0.717) is 11.1 Å². The Kier molecular flexibility index (Phi) is 5.65. The van der Waals surface area contributed by atoms with Gasteiger partial charge in [0.1, 0.15) is 0 Å². The van der Waals surface area contributed by atoms with Crippen LogP contribution in [0.3, 0.4) is 0 Å². The van der Waals surface area contributed by atoms with Gasteiger partial charge in [0.2, 0.25) is 5.91 Å². The lowest BCUT2D eigenvalue weighted by atomic mass is 10.1. The van der Waals surface area contributed by atoms with E-state index >= 15 is 0 Å². The maximum Gasteiger partial charge on any atom is 0.251 e. The van der Waals surface area contributed by atoms with Crippen LogP contribution in [0.1, 0.15) is 34.0 Å². The van der Waals surface area contributed by atoms with Crippen molar-refractivity contribution in [2.24, 2.45) is 0 Å². The van der Waals surface area contributed by atoms with Crippen molar-refractivity contribution in [3.63, 3.8) is 0 Å². The number of carbonyl (C=O) groups is 1. The zero-order valence-corrected chi connectivity index (χ0v) is 19.1. The first-order chi connectivity index (χ1) is 14.8. The van der Waals surface area contributed by atoms with Gasteiger partial charge in [0.05, 0.1) is 23.5 Å². The molecule has 0 aliphatic heterocycles. The quantitative estimate of drug-likeness (QED) is 0.462. The molecule has 0 spiro atoms. The summed E-state index contributed by atoms with van der Waals surface area (Å²) in [6, 6.07) is 11.5. The van der Waals surface area contributed by atoms with Crippen LogP contribution in [-0.2, 0) is 11.2 Å². The van der Waals surface area contributed by atoms with Gasteiger partial charge in [-0.2, -0.15) is 5.10 Å². The Labute approximate surface area is 185 Å². The number of hydrogen-bond acceptors (Lipinski definition) is 6. The Bertz CT molecular complexity index is 1220. The van der Waals surface area contributed by atoms with Gasteiger partial charge in [-0.05, 0) is 52.8 Å². The molecule has 7 nitrogen and oxygen atoms in total.